The number of carbonyl (C=O) groups is 1. The molecule has 0 aliphatic carbocycles. The van der Waals surface area contributed by atoms with Gasteiger partial charge in [0.25, 0.3) is 0 Å². The first-order valence-electron chi connectivity index (χ1n) is 5.48. The van der Waals surface area contributed by atoms with Gasteiger partial charge in [-0.2, -0.15) is 25.3 Å². The van der Waals surface area contributed by atoms with E-state index in [2.05, 4.69) is 0 Å². The fourth-order valence-electron chi connectivity index (χ4n) is 1.67. The number of carbonyl (C=O) groups excluding carboxylic acids is 1. The third-order valence-corrected chi connectivity index (χ3v) is 2.96. The summed E-state index contributed by atoms with van der Waals surface area (Å²) in [5.74, 6) is 1.02. The van der Waals surface area contributed by atoms with Crippen molar-refractivity contribution in [3.05, 3.63) is 0 Å². The van der Waals surface area contributed by atoms with Crippen molar-refractivity contribution in [3.63, 3.8) is 0 Å². The second kappa shape index (κ2) is 9.19. The van der Waals surface area contributed by atoms with Crippen molar-refractivity contribution in [1.29, 1.82) is 0 Å². The Bertz CT molecular complexity index is 190. The van der Waals surface area contributed by atoms with Gasteiger partial charge in [0.2, 0.25) is 5.91 Å². The van der Waals surface area contributed by atoms with Crippen LogP contribution in [0, 0.1) is 0 Å². The van der Waals surface area contributed by atoms with E-state index in [1.54, 1.807) is 11.8 Å². The van der Waals surface area contributed by atoms with Gasteiger partial charge in [-0.15, -0.1) is 0 Å². The molecule has 0 saturated carbocycles. The van der Waals surface area contributed by atoms with Gasteiger partial charge in [0.1, 0.15) is 0 Å². The minimum absolute atomic E-state index is 0. The lowest BCUT2D eigenvalue weighted by Gasteiger charge is -2.33. The molecule has 0 aromatic rings. The van der Waals surface area contributed by atoms with Crippen LogP contribution in [0.5, 0.6) is 0 Å². The summed E-state index contributed by atoms with van der Waals surface area (Å²) in [6.45, 7) is 8.11. The number of nitrogens with zero attached hydrogens (tertiary/aromatic N) is 1. The lowest BCUT2D eigenvalue weighted by Crippen LogP contribution is -2.50. The van der Waals surface area contributed by atoms with Crippen LogP contribution in [0.15, 0.2) is 0 Å². The van der Waals surface area contributed by atoms with E-state index in [9.17, 15) is 4.79 Å². The molecule has 5 heteroatoms. The van der Waals surface area contributed by atoms with Gasteiger partial charge in [0, 0.05) is 12.1 Å². The van der Waals surface area contributed by atoms with Crippen molar-refractivity contribution >= 4 is 31.2 Å². The molecule has 0 aliphatic rings. The van der Waals surface area contributed by atoms with E-state index in [1.165, 1.54) is 0 Å². The largest absolute Gasteiger partial charge is 0.336 e. The highest BCUT2D eigenvalue weighted by molar-refractivity contribution is 7.98. The second-order valence-electron chi connectivity index (χ2n) is 4.32. The lowest BCUT2D eigenvalue weighted by atomic mass is 10.1. The normalized spacial score (nSPS) is 12.5. The van der Waals surface area contributed by atoms with Gasteiger partial charge >= 0.3 is 0 Å². The topological polar surface area (TPSA) is 46.3 Å². The zero-order valence-corrected chi connectivity index (χ0v) is 12.8. The highest BCUT2D eigenvalue weighted by Crippen LogP contribution is 2.09. The van der Waals surface area contributed by atoms with Gasteiger partial charge in [-0.05, 0) is 46.1 Å². The summed E-state index contributed by atoms with van der Waals surface area (Å²) in [7, 11) is 0. The van der Waals surface area contributed by atoms with Crippen molar-refractivity contribution < 1.29 is 4.79 Å². The summed E-state index contributed by atoms with van der Waals surface area (Å²) in [4.78, 5) is 13.9. The fraction of sp³-hybridized carbons (Fsp3) is 0.909. The smallest absolute Gasteiger partial charge is 0.239 e. The molecule has 0 fully saturated rings. The molecule has 1 atom stereocenters. The van der Waals surface area contributed by atoms with Crippen LogP contribution < -0.4 is 5.73 Å². The summed E-state index contributed by atoms with van der Waals surface area (Å²) >= 11 is 1.73. The molecule has 0 rings (SSSR count). The van der Waals surface area contributed by atoms with Gasteiger partial charge in [-0.3, -0.25) is 4.79 Å². The predicted octanol–water partition coefficient (Wildman–Crippen LogP) is 1.83. The van der Waals surface area contributed by atoms with E-state index >= 15 is 0 Å². The van der Waals surface area contributed by atoms with E-state index in [0.717, 1.165) is 12.2 Å². The van der Waals surface area contributed by atoms with Crippen molar-refractivity contribution in [1.82, 2.24) is 4.90 Å². The molecule has 1 amide bonds. The Kier molecular flexibility index (Phi) is 10.6. The van der Waals surface area contributed by atoms with E-state index in [0.29, 0.717) is 0 Å². The second-order valence-corrected chi connectivity index (χ2v) is 5.31. The molecule has 0 bridgehead atoms. The first kappa shape index (κ1) is 18.5. The number of hydrogen-bond acceptors (Lipinski definition) is 3. The molecular weight excluding hydrogens is 240 g/mol. The van der Waals surface area contributed by atoms with Crippen LogP contribution in [-0.2, 0) is 4.79 Å². The molecule has 16 heavy (non-hydrogen) atoms. The molecule has 0 aliphatic heterocycles. The Morgan fingerprint density at radius 2 is 1.69 bits per heavy atom. The molecule has 98 valence electrons. The van der Waals surface area contributed by atoms with Gasteiger partial charge < -0.3 is 10.6 Å². The van der Waals surface area contributed by atoms with Crippen LogP contribution in [0.3, 0.4) is 0 Å². The number of nitrogens with two attached hydrogens (primary N) is 1. The summed E-state index contributed by atoms with van der Waals surface area (Å²) in [6.07, 6.45) is 2.79. The molecule has 3 nitrogen and oxygen atoms in total. The number of hydrogen-bond donors (Lipinski definition) is 1. The highest BCUT2D eigenvalue weighted by atomic mass is 32.2. The van der Waals surface area contributed by atoms with Crippen LogP contribution in [0.25, 0.3) is 0 Å². The third-order valence-electron chi connectivity index (χ3n) is 2.32. The predicted molar refractivity (Wildman–Crippen MR) is 78.5 cm³/mol. The van der Waals surface area contributed by atoms with Crippen LogP contribution in [-0.4, -0.2) is 40.9 Å². The third kappa shape index (κ3) is 6.01. The standard InChI is InChI=1S/C11H24N2OS.H2S/c1-8(2)13(9(3)4)11(14)10(12)6-7-15-5;/h8-10H,6-7,12H2,1-5H3;1H2/t10-;/m0./s1. The molecule has 2 N–H and O–H groups in total. The minimum atomic E-state index is -0.345. The zero-order chi connectivity index (χ0) is 12.0. The average Bonchev–Trinajstić information content (AvgIpc) is 2.12. The average molecular weight is 266 g/mol. The maximum atomic E-state index is 12.0. The Morgan fingerprint density at radius 3 is 2.00 bits per heavy atom. The molecule has 0 aromatic heterocycles. The van der Waals surface area contributed by atoms with Crippen LogP contribution in [0.2, 0.25) is 0 Å². The molecule has 0 radical (unpaired) electrons. The van der Waals surface area contributed by atoms with Crippen LogP contribution >= 0.6 is 25.3 Å². The zero-order valence-electron chi connectivity index (χ0n) is 11.0. The Hall–Kier alpha value is 0.130. The molecule has 0 spiro atoms. The molecular formula is C11H26N2OS2. The first-order valence-corrected chi connectivity index (χ1v) is 6.87. The van der Waals surface area contributed by atoms with Gasteiger partial charge in [0.05, 0.1) is 6.04 Å². The summed E-state index contributed by atoms with van der Waals surface area (Å²) < 4.78 is 0. The Balaban J connectivity index is 0. The van der Waals surface area contributed by atoms with E-state index < -0.39 is 0 Å². The number of amides is 1. The maximum absolute atomic E-state index is 12.0. The highest BCUT2D eigenvalue weighted by Gasteiger charge is 2.24. The summed E-state index contributed by atoms with van der Waals surface area (Å²) in [5, 5.41) is 0. The molecule has 0 saturated heterocycles. The molecule has 0 heterocycles. The van der Waals surface area contributed by atoms with Gasteiger partial charge in [-0.1, -0.05) is 0 Å². The fourth-order valence-corrected chi connectivity index (χ4v) is 2.15. The van der Waals surface area contributed by atoms with Gasteiger partial charge in [0.15, 0.2) is 0 Å². The number of thioether (sulfide) groups is 1. The Labute approximate surface area is 111 Å². The van der Waals surface area contributed by atoms with E-state index in [-0.39, 0.29) is 37.5 Å². The lowest BCUT2D eigenvalue weighted by molar-refractivity contribution is -0.136. The SMILES string of the molecule is CSCC[C@H](N)C(=O)N(C(C)C)C(C)C.S. The van der Waals surface area contributed by atoms with Crippen LogP contribution in [0.1, 0.15) is 34.1 Å². The molecule has 0 aromatic carbocycles. The minimum Gasteiger partial charge on any atom is -0.336 e. The number of rotatable bonds is 6. The monoisotopic (exact) mass is 266 g/mol. The van der Waals surface area contributed by atoms with Crippen molar-refractivity contribution in [2.24, 2.45) is 5.73 Å². The van der Waals surface area contributed by atoms with Gasteiger partial charge in [-0.25, -0.2) is 0 Å². The molecule has 0 unspecified atom stereocenters. The van der Waals surface area contributed by atoms with E-state index in [1.807, 2.05) is 38.9 Å². The van der Waals surface area contributed by atoms with Crippen molar-refractivity contribution in [2.75, 3.05) is 12.0 Å². The summed E-state index contributed by atoms with van der Waals surface area (Å²) in [5.41, 5.74) is 5.88. The van der Waals surface area contributed by atoms with E-state index in [4.69, 9.17) is 5.73 Å². The Morgan fingerprint density at radius 1 is 1.25 bits per heavy atom. The van der Waals surface area contributed by atoms with Crippen LogP contribution in [0.4, 0.5) is 0 Å². The van der Waals surface area contributed by atoms with Crippen molar-refractivity contribution in [2.45, 2.75) is 52.2 Å². The quantitative estimate of drug-likeness (QED) is 0.798. The van der Waals surface area contributed by atoms with Crippen molar-refractivity contribution in [3.8, 4) is 0 Å². The summed E-state index contributed by atoms with van der Waals surface area (Å²) in [6, 6.07) is 0.0953. The first-order chi connectivity index (χ1) is 6.91. The maximum Gasteiger partial charge on any atom is 0.239 e.